The SMILES string of the molecule is O=C(NOCC1CC1)c1cc(S(=O)(=O)N(CCCO)Cc2ccccn2)c(F)c(F)c1Nc1ccc(I)cc1. The minimum Gasteiger partial charge on any atom is -0.396 e. The fourth-order valence-corrected chi connectivity index (χ4v) is 5.57. The van der Waals surface area contributed by atoms with E-state index in [0.717, 1.165) is 26.8 Å². The maximum absolute atomic E-state index is 15.6. The Morgan fingerprint density at radius 2 is 1.90 bits per heavy atom. The van der Waals surface area contributed by atoms with Gasteiger partial charge in [-0.25, -0.2) is 22.7 Å². The van der Waals surface area contributed by atoms with Crippen molar-refractivity contribution in [1.29, 1.82) is 0 Å². The van der Waals surface area contributed by atoms with Crippen LogP contribution in [0.1, 0.15) is 35.3 Å². The molecule has 0 atom stereocenters. The highest BCUT2D eigenvalue weighted by Gasteiger charge is 2.33. The van der Waals surface area contributed by atoms with Crippen LogP contribution < -0.4 is 10.8 Å². The van der Waals surface area contributed by atoms with Crippen LogP contribution in [0.5, 0.6) is 0 Å². The molecule has 1 aromatic heterocycles. The van der Waals surface area contributed by atoms with Gasteiger partial charge in [0.05, 0.1) is 30.1 Å². The van der Waals surface area contributed by atoms with E-state index in [9.17, 15) is 18.3 Å². The lowest BCUT2D eigenvalue weighted by molar-refractivity contribution is 0.0270. The van der Waals surface area contributed by atoms with E-state index in [1.165, 1.54) is 6.20 Å². The third kappa shape index (κ3) is 7.48. The molecule has 1 aliphatic rings. The van der Waals surface area contributed by atoms with Crippen LogP contribution in [0.2, 0.25) is 0 Å². The van der Waals surface area contributed by atoms with Crippen LogP contribution in [0, 0.1) is 21.1 Å². The van der Waals surface area contributed by atoms with Crippen molar-refractivity contribution in [2.24, 2.45) is 5.92 Å². The predicted octanol–water partition coefficient (Wildman–Crippen LogP) is 4.35. The van der Waals surface area contributed by atoms with Crippen LogP contribution >= 0.6 is 22.6 Å². The molecule has 0 bridgehead atoms. The Morgan fingerprint density at radius 1 is 1.15 bits per heavy atom. The first-order chi connectivity index (χ1) is 18.7. The number of hydrogen-bond donors (Lipinski definition) is 3. The molecule has 3 aromatic rings. The molecule has 0 spiro atoms. The maximum Gasteiger partial charge on any atom is 0.277 e. The summed E-state index contributed by atoms with van der Waals surface area (Å²) < 4.78 is 60.1. The van der Waals surface area contributed by atoms with Gasteiger partial charge >= 0.3 is 0 Å². The normalized spacial score (nSPS) is 13.5. The summed E-state index contributed by atoms with van der Waals surface area (Å²) in [5, 5.41) is 12.0. The number of nitrogens with zero attached hydrogens (tertiary/aromatic N) is 2. The number of nitrogens with one attached hydrogen (secondary N) is 2. The summed E-state index contributed by atoms with van der Waals surface area (Å²) in [6.07, 6.45) is 3.44. The van der Waals surface area contributed by atoms with Gasteiger partial charge in [0, 0.05) is 28.6 Å². The van der Waals surface area contributed by atoms with Crippen LogP contribution in [-0.2, 0) is 21.4 Å². The van der Waals surface area contributed by atoms with Crippen molar-refractivity contribution in [3.05, 3.63) is 81.2 Å². The first-order valence-electron chi connectivity index (χ1n) is 12.2. The Balaban J connectivity index is 1.75. The highest BCUT2D eigenvalue weighted by molar-refractivity contribution is 14.1. The summed E-state index contributed by atoms with van der Waals surface area (Å²) in [5.74, 6) is -3.82. The van der Waals surface area contributed by atoms with Crippen molar-refractivity contribution in [3.63, 3.8) is 0 Å². The zero-order valence-electron chi connectivity index (χ0n) is 20.7. The molecule has 0 saturated heterocycles. The minimum atomic E-state index is -4.68. The molecule has 2 aromatic carbocycles. The standard InChI is InChI=1S/C26H27F2IN4O5S/c27-23-22(39(36,37)33(12-3-13-34)15-20-4-1-2-11-30-20)14-21(26(35)32-38-16-17-5-6-17)25(24(23)28)31-19-9-7-18(29)8-10-19/h1-2,4,7-11,14,17,31,34H,3,5-6,12-13,15-16H2,(H,32,35). The smallest absolute Gasteiger partial charge is 0.277 e. The fourth-order valence-electron chi connectivity index (χ4n) is 3.68. The van der Waals surface area contributed by atoms with E-state index in [1.54, 1.807) is 42.5 Å². The van der Waals surface area contributed by atoms with Gasteiger partial charge < -0.3 is 10.4 Å². The number of amides is 1. The summed E-state index contributed by atoms with van der Waals surface area (Å²) in [4.78, 5) is 21.4. The molecule has 1 amide bonds. The monoisotopic (exact) mass is 672 g/mol. The Labute approximate surface area is 238 Å². The number of carbonyl (C=O) groups excluding carboxylic acids is 1. The highest BCUT2D eigenvalue weighted by Crippen LogP contribution is 2.33. The number of pyridine rings is 1. The van der Waals surface area contributed by atoms with Crippen molar-refractivity contribution in [2.45, 2.75) is 30.7 Å². The first kappa shape index (κ1) is 29.3. The molecule has 13 heteroatoms. The van der Waals surface area contributed by atoms with E-state index in [0.29, 0.717) is 17.3 Å². The van der Waals surface area contributed by atoms with E-state index >= 15 is 8.78 Å². The molecule has 0 aliphatic heterocycles. The number of halogens is 3. The molecule has 0 unspecified atom stereocenters. The van der Waals surface area contributed by atoms with Gasteiger partial charge in [-0.05, 0) is 90.2 Å². The third-order valence-electron chi connectivity index (χ3n) is 5.96. The van der Waals surface area contributed by atoms with Gasteiger partial charge in [0.2, 0.25) is 10.0 Å². The quantitative estimate of drug-likeness (QED) is 0.183. The second kappa shape index (κ2) is 13.1. The lowest BCUT2D eigenvalue weighted by atomic mass is 10.1. The Kier molecular flexibility index (Phi) is 9.82. The van der Waals surface area contributed by atoms with Crippen LogP contribution in [-0.4, -0.2) is 48.5 Å². The number of anilines is 2. The van der Waals surface area contributed by atoms with Crippen molar-refractivity contribution in [3.8, 4) is 0 Å². The fraction of sp³-hybridized carbons (Fsp3) is 0.308. The number of benzene rings is 2. The van der Waals surface area contributed by atoms with Crippen molar-refractivity contribution < 1.29 is 31.9 Å². The Morgan fingerprint density at radius 3 is 2.54 bits per heavy atom. The molecular weight excluding hydrogens is 645 g/mol. The zero-order valence-corrected chi connectivity index (χ0v) is 23.7. The Hall–Kier alpha value is -2.72. The number of sulfonamides is 1. The average molecular weight is 672 g/mol. The summed E-state index contributed by atoms with van der Waals surface area (Å²) in [5.41, 5.74) is 1.94. The number of rotatable bonds is 13. The molecule has 1 saturated carbocycles. The largest absolute Gasteiger partial charge is 0.396 e. The molecule has 9 nitrogen and oxygen atoms in total. The van der Waals surface area contributed by atoms with Gasteiger partial charge in [0.15, 0.2) is 11.6 Å². The maximum atomic E-state index is 15.6. The summed E-state index contributed by atoms with van der Waals surface area (Å²) in [7, 11) is -4.68. The number of aliphatic hydroxyl groups excluding tert-OH is 1. The molecule has 1 aliphatic carbocycles. The Bertz CT molecular complexity index is 1410. The van der Waals surface area contributed by atoms with Gasteiger partial charge in [-0.15, -0.1) is 0 Å². The van der Waals surface area contributed by atoms with Gasteiger partial charge in [-0.1, -0.05) is 6.07 Å². The number of hydroxylamine groups is 1. The van der Waals surface area contributed by atoms with Gasteiger partial charge in [0.1, 0.15) is 4.90 Å². The lowest BCUT2D eigenvalue weighted by Gasteiger charge is -2.23. The summed E-state index contributed by atoms with van der Waals surface area (Å²) in [6, 6.07) is 12.4. The number of hydrogen-bond acceptors (Lipinski definition) is 7. The summed E-state index contributed by atoms with van der Waals surface area (Å²) >= 11 is 2.08. The number of carbonyl (C=O) groups is 1. The second-order valence-corrected chi connectivity index (χ2v) is 12.1. The highest BCUT2D eigenvalue weighted by atomic mass is 127. The van der Waals surface area contributed by atoms with Gasteiger partial charge in [-0.2, -0.15) is 4.31 Å². The van der Waals surface area contributed by atoms with Crippen LogP contribution in [0.25, 0.3) is 0 Å². The lowest BCUT2D eigenvalue weighted by Crippen LogP contribution is -2.34. The molecule has 1 fully saturated rings. The topological polar surface area (TPSA) is 121 Å². The van der Waals surface area contributed by atoms with E-state index in [1.807, 2.05) is 0 Å². The number of aromatic nitrogens is 1. The van der Waals surface area contributed by atoms with Gasteiger partial charge in [-0.3, -0.25) is 14.6 Å². The predicted molar refractivity (Wildman–Crippen MR) is 148 cm³/mol. The van der Waals surface area contributed by atoms with Crippen molar-refractivity contribution in [2.75, 3.05) is 25.1 Å². The number of aliphatic hydroxyl groups is 1. The van der Waals surface area contributed by atoms with Crippen molar-refractivity contribution >= 4 is 49.9 Å². The first-order valence-corrected chi connectivity index (χ1v) is 14.7. The van der Waals surface area contributed by atoms with E-state index < -0.39 is 43.7 Å². The molecule has 1 heterocycles. The van der Waals surface area contributed by atoms with E-state index in [4.69, 9.17) is 4.84 Å². The second-order valence-electron chi connectivity index (χ2n) is 8.98. The van der Waals surface area contributed by atoms with Crippen LogP contribution in [0.15, 0.2) is 59.6 Å². The van der Waals surface area contributed by atoms with E-state index in [-0.39, 0.29) is 32.7 Å². The molecule has 208 valence electrons. The molecule has 4 rings (SSSR count). The van der Waals surface area contributed by atoms with Gasteiger partial charge in [0.25, 0.3) is 5.91 Å². The molecule has 3 N–H and O–H groups in total. The summed E-state index contributed by atoms with van der Waals surface area (Å²) in [6.45, 7) is -0.514. The van der Waals surface area contributed by atoms with Crippen LogP contribution in [0.3, 0.4) is 0 Å². The van der Waals surface area contributed by atoms with Crippen LogP contribution in [0.4, 0.5) is 20.2 Å². The average Bonchev–Trinajstić information content (AvgIpc) is 3.75. The zero-order chi connectivity index (χ0) is 28.0. The molecular formula is C26H27F2IN4O5S. The molecule has 0 radical (unpaired) electrons. The third-order valence-corrected chi connectivity index (χ3v) is 8.52. The van der Waals surface area contributed by atoms with E-state index in [2.05, 4.69) is 38.4 Å². The van der Waals surface area contributed by atoms with Crippen molar-refractivity contribution in [1.82, 2.24) is 14.8 Å². The molecule has 39 heavy (non-hydrogen) atoms. The minimum absolute atomic E-state index is 0.0466.